The first-order chi connectivity index (χ1) is 15.0. The minimum atomic E-state index is -1.34. The molecule has 2 heterocycles. The molecule has 32 heavy (non-hydrogen) atoms. The molecular formula is C23H28O9. The quantitative estimate of drug-likeness (QED) is 0.209. The average Bonchev–Trinajstić information content (AvgIpc) is 3.25. The highest BCUT2D eigenvalue weighted by Crippen LogP contribution is 2.41. The summed E-state index contributed by atoms with van der Waals surface area (Å²) in [5.74, 6) is -3.70. The molecule has 2 aliphatic heterocycles. The van der Waals surface area contributed by atoms with Gasteiger partial charge in [0.2, 0.25) is 0 Å². The van der Waals surface area contributed by atoms with Gasteiger partial charge in [0.1, 0.15) is 6.10 Å². The van der Waals surface area contributed by atoms with Crippen molar-refractivity contribution in [3.8, 4) is 0 Å². The molecule has 0 bridgehead atoms. The first-order valence-corrected chi connectivity index (χ1v) is 10.4. The van der Waals surface area contributed by atoms with Gasteiger partial charge in [-0.1, -0.05) is 18.2 Å². The molecule has 0 aromatic rings. The first-order valence-electron chi connectivity index (χ1n) is 10.4. The number of carbonyl (C=O) groups is 4. The molecule has 1 aliphatic carbocycles. The third-order valence-electron chi connectivity index (χ3n) is 6.07. The summed E-state index contributed by atoms with van der Waals surface area (Å²) in [4.78, 5) is 50.0. The van der Waals surface area contributed by atoms with Crippen LogP contribution in [0.4, 0.5) is 0 Å². The molecular weight excluding hydrogens is 420 g/mol. The Labute approximate surface area is 186 Å². The lowest BCUT2D eigenvalue weighted by Crippen LogP contribution is -2.47. The first kappa shape index (κ1) is 23.7. The third kappa shape index (κ3) is 4.48. The second-order valence-corrected chi connectivity index (χ2v) is 8.39. The summed E-state index contributed by atoms with van der Waals surface area (Å²) in [5.41, 5.74) is -0.216. The van der Waals surface area contributed by atoms with Gasteiger partial charge in [0.05, 0.1) is 24.7 Å². The Morgan fingerprint density at radius 3 is 2.47 bits per heavy atom. The van der Waals surface area contributed by atoms with Crippen LogP contribution in [0.3, 0.4) is 0 Å². The summed E-state index contributed by atoms with van der Waals surface area (Å²) >= 11 is 0. The van der Waals surface area contributed by atoms with Gasteiger partial charge in [-0.15, -0.1) is 0 Å². The van der Waals surface area contributed by atoms with Gasteiger partial charge in [-0.05, 0) is 39.7 Å². The topological polar surface area (TPSA) is 118 Å². The summed E-state index contributed by atoms with van der Waals surface area (Å²) in [5, 5.41) is 0. The molecule has 6 atom stereocenters. The summed E-state index contributed by atoms with van der Waals surface area (Å²) in [7, 11) is 1.20. The van der Waals surface area contributed by atoms with E-state index in [2.05, 4.69) is 6.58 Å². The Bertz CT molecular complexity index is 914. The average molecular weight is 448 g/mol. The molecule has 0 aromatic carbocycles. The van der Waals surface area contributed by atoms with Gasteiger partial charge in [-0.3, -0.25) is 4.79 Å². The SMILES string of the molecule is C=C1C(=O)O[C@@H]2C=C(C)CC/C=C(/C(=O)OC)C(OC(C)=O)[C@@H](OC(=O)[C@]3(C)O[C@@H]3C)[C@@H]12. The van der Waals surface area contributed by atoms with Crippen LogP contribution in [0.5, 0.6) is 0 Å². The van der Waals surface area contributed by atoms with E-state index < -0.39 is 53.7 Å². The van der Waals surface area contributed by atoms with E-state index in [1.54, 1.807) is 26.0 Å². The lowest BCUT2D eigenvalue weighted by Gasteiger charge is -2.33. The molecule has 2 fully saturated rings. The van der Waals surface area contributed by atoms with Crippen LogP contribution < -0.4 is 0 Å². The van der Waals surface area contributed by atoms with Crippen LogP contribution in [0.15, 0.2) is 35.5 Å². The van der Waals surface area contributed by atoms with Crippen LogP contribution in [0.2, 0.25) is 0 Å². The Hall–Kier alpha value is -2.94. The Kier molecular flexibility index (Phi) is 6.59. The third-order valence-corrected chi connectivity index (χ3v) is 6.07. The number of hydrogen-bond acceptors (Lipinski definition) is 9. The molecule has 9 nitrogen and oxygen atoms in total. The molecule has 0 N–H and O–H groups in total. The lowest BCUT2D eigenvalue weighted by atomic mass is 9.83. The summed E-state index contributed by atoms with van der Waals surface area (Å²) in [6, 6.07) is 0. The highest BCUT2D eigenvalue weighted by Gasteiger charge is 2.59. The number of allylic oxidation sites excluding steroid dienone is 2. The van der Waals surface area contributed by atoms with Gasteiger partial charge in [-0.2, -0.15) is 0 Å². The second kappa shape index (κ2) is 8.90. The van der Waals surface area contributed by atoms with Gasteiger partial charge >= 0.3 is 23.9 Å². The standard InChI is InChI=1S/C23H28O9/c1-11-8-7-9-15(21(26)28-6)18(29-14(4)24)19(31-22(27)23(5)13(3)32-23)17-12(2)20(25)30-16(17)10-11/h9-10,13,16-19H,2,7-8H2,1,3-6H3/b11-10?,15-9+/t13-,16-,17+,18?,19+,23-/m1/s1. The number of hydrogen-bond donors (Lipinski definition) is 0. The zero-order valence-electron chi connectivity index (χ0n) is 18.8. The highest BCUT2D eigenvalue weighted by molar-refractivity contribution is 5.93. The van der Waals surface area contributed by atoms with E-state index in [0.717, 1.165) is 5.57 Å². The molecule has 0 spiro atoms. The molecule has 1 unspecified atom stereocenters. The van der Waals surface area contributed by atoms with Gasteiger partial charge in [0.25, 0.3) is 0 Å². The van der Waals surface area contributed by atoms with Crippen molar-refractivity contribution in [3.05, 3.63) is 35.5 Å². The molecule has 3 rings (SSSR count). The van der Waals surface area contributed by atoms with E-state index in [0.29, 0.717) is 12.8 Å². The Morgan fingerprint density at radius 1 is 1.25 bits per heavy atom. The van der Waals surface area contributed by atoms with Crippen molar-refractivity contribution >= 4 is 23.9 Å². The van der Waals surface area contributed by atoms with E-state index in [1.165, 1.54) is 14.0 Å². The maximum atomic E-state index is 13.0. The molecule has 0 saturated carbocycles. The van der Waals surface area contributed by atoms with Crippen molar-refractivity contribution in [2.45, 2.75) is 70.6 Å². The minimum Gasteiger partial charge on any atom is -0.466 e. The summed E-state index contributed by atoms with van der Waals surface area (Å²) < 4.78 is 27.1. The lowest BCUT2D eigenvalue weighted by molar-refractivity contribution is -0.173. The van der Waals surface area contributed by atoms with Crippen molar-refractivity contribution in [2.24, 2.45) is 5.92 Å². The highest BCUT2D eigenvalue weighted by atomic mass is 16.7. The van der Waals surface area contributed by atoms with E-state index in [9.17, 15) is 19.2 Å². The zero-order valence-corrected chi connectivity index (χ0v) is 18.8. The maximum Gasteiger partial charge on any atom is 0.341 e. The number of esters is 4. The summed E-state index contributed by atoms with van der Waals surface area (Å²) in [6.45, 7) is 10.2. The molecule has 2 saturated heterocycles. The van der Waals surface area contributed by atoms with Crippen molar-refractivity contribution in [1.29, 1.82) is 0 Å². The number of ether oxygens (including phenoxy) is 5. The fourth-order valence-electron chi connectivity index (χ4n) is 3.98. The van der Waals surface area contributed by atoms with Crippen molar-refractivity contribution in [3.63, 3.8) is 0 Å². The van der Waals surface area contributed by atoms with Crippen LogP contribution in [0, 0.1) is 5.92 Å². The fraction of sp³-hybridized carbons (Fsp3) is 0.565. The second-order valence-electron chi connectivity index (χ2n) is 8.39. The van der Waals surface area contributed by atoms with Gasteiger partial charge < -0.3 is 23.7 Å². The molecule has 9 heteroatoms. The van der Waals surface area contributed by atoms with E-state index in [4.69, 9.17) is 23.7 Å². The van der Waals surface area contributed by atoms with Crippen LogP contribution in [-0.4, -0.2) is 61.0 Å². The molecule has 174 valence electrons. The van der Waals surface area contributed by atoms with Crippen LogP contribution in [-0.2, 0) is 42.9 Å². The number of methoxy groups -OCH3 is 1. The fourth-order valence-corrected chi connectivity index (χ4v) is 3.98. The monoisotopic (exact) mass is 448 g/mol. The summed E-state index contributed by atoms with van der Waals surface area (Å²) in [6.07, 6.45) is 0.540. The molecule has 0 aromatic heterocycles. The van der Waals surface area contributed by atoms with Gasteiger partial charge in [-0.25, -0.2) is 14.4 Å². The predicted molar refractivity (Wildman–Crippen MR) is 110 cm³/mol. The Morgan fingerprint density at radius 2 is 1.91 bits per heavy atom. The smallest absolute Gasteiger partial charge is 0.341 e. The van der Waals surface area contributed by atoms with Gasteiger partial charge in [0, 0.05) is 12.5 Å². The number of rotatable bonds is 4. The van der Waals surface area contributed by atoms with Crippen molar-refractivity contribution < 1.29 is 42.9 Å². The molecule has 0 radical (unpaired) electrons. The number of epoxide rings is 1. The van der Waals surface area contributed by atoms with Crippen molar-refractivity contribution in [1.82, 2.24) is 0 Å². The maximum absolute atomic E-state index is 13.0. The zero-order chi connectivity index (χ0) is 23.8. The van der Waals surface area contributed by atoms with Crippen LogP contribution >= 0.6 is 0 Å². The van der Waals surface area contributed by atoms with E-state index >= 15 is 0 Å². The molecule has 3 aliphatic rings. The van der Waals surface area contributed by atoms with Crippen LogP contribution in [0.1, 0.15) is 40.5 Å². The largest absolute Gasteiger partial charge is 0.466 e. The van der Waals surface area contributed by atoms with Crippen molar-refractivity contribution in [2.75, 3.05) is 7.11 Å². The predicted octanol–water partition coefficient (Wildman–Crippen LogP) is 1.94. The van der Waals surface area contributed by atoms with E-state index in [1.807, 2.05) is 6.92 Å². The molecule has 0 amide bonds. The van der Waals surface area contributed by atoms with Crippen LogP contribution in [0.25, 0.3) is 0 Å². The van der Waals surface area contributed by atoms with E-state index in [-0.39, 0.29) is 17.3 Å². The minimum absolute atomic E-state index is 0.0102. The number of carbonyl (C=O) groups excluding carboxylic acids is 4. The van der Waals surface area contributed by atoms with Gasteiger partial charge in [0.15, 0.2) is 17.8 Å². The number of fused-ring (bicyclic) bond motifs is 1. The Balaban J connectivity index is 2.14. The normalized spacial score (nSPS) is 36.0.